The van der Waals surface area contributed by atoms with E-state index < -0.39 is 0 Å². The number of methoxy groups -OCH3 is 1. The zero-order valence-electron chi connectivity index (χ0n) is 12.3. The first kappa shape index (κ1) is 14.4. The van der Waals surface area contributed by atoms with Gasteiger partial charge in [0.15, 0.2) is 0 Å². The zero-order chi connectivity index (χ0) is 14.0. The molecule has 19 heavy (non-hydrogen) atoms. The zero-order valence-corrected chi connectivity index (χ0v) is 12.3. The van der Waals surface area contributed by atoms with Crippen molar-refractivity contribution in [1.29, 1.82) is 0 Å². The molecule has 1 aromatic carbocycles. The molecular weight excluding hydrogens is 240 g/mol. The van der Waals surface area contributed by atoms with Gasteiger partial charge in [-0.2, -0.15) is 0 Å². The van der Waals surface area contributed by atoms with Crippen LogP contribution in [0.25, 0.3) is 0 Å². The first-order valence-electron chi connectivity index (χ1n) is 6.91. The monoisotopic (exact) mass is 264 g/mol. The van der Waals surface area contributed by atoms with E-state index in [1.165, 1.54) is 16.7 Å². The van der Waals surface area contributed by atoms with Crippen molar-refractivity contribution in [2.75, 3.05) is 26.9 Å². The van der Waals surface area contributed by atoms with Gasteiger partial charge in [0.25, 0.3) is 0 Å². The molecule has 1 heterocycles. The quantitative estimate of drug-likeness (QED) is 0.888. The minimum Gasteiger partial charge on any atom is -0.496 e. The van der Waals surface area contributed by atoms with E-state index in [2.05, 4.69) is 32.9 Å². The second-order valence-electron chi connectivity index (χ2n) is 5.81. The summed E-state index contributed by atoms with van der Waals surface area (Å²) in [6.45, 7) is 8.07. The minimum atomic E-state index is -0.00521. The van der Waals surface area contributed by atoms with Crippen molar-refractivity contribution in [1.82, 2.24) is 0 Å². The summed E-state index contributed by atoms with van der Waals surface area (Å²) < 4.78 is 10.9. The second-order valence-corrected chi connectivity index (χ2v) is 5.81. The topological polar surface area (TPSA) is 38.7 Å². The number of aliphatic hydroxyl groups excluding tert-OH is 1. The molecule has 1 aromatic rings. The van der Waals surface area contributed by atoms with Gasteiger partial charge in [0.05, 0.1) is 20.3 Å². The highest BCUT2D eigenvalue weighted by molar-refractivity contribution is 5.47. The Hall–Kier alpha value is -1.06. The summed E-state index contributed by atoms with van der Waals surface area (Å²) in [5.74, 6) is 1.37. The molecule has 0 amide bonds. The maximum atomic E-state index is 9.32. The Bertz CT molecular complexity index is 448. The maximum absolute atomic E-state index is 9.32. The van der Waals surface area contributed by atoms with Crippen LogP contribution in [0.1, 0.15) is 42.9 Å². The Morgan fingerprint density at radius 3 is 2.47 bits per heavy atom. The number of aryl methyl sites for hydroxylation is 1. The van der Waals surface area contributed by atoms with Gasteiger partial charge in [-0.15, -0.1) is 0 Å². The van der Waals surface area contributed by atoms with Gasteiger partial charge >= 0.3 is 0 Å². The summed E-state index contributed by atoms with van der Waals surface area (Å²) in [6.07, 6.45) is 0.762. The van der Waals surface area contributed by atoms with Crippen LogP contribution in [-0.2, 0) is 10.2 Å². The minimum absolute atomic E-state index is 0.00521. The van der Waals surface area contributed by atoms with E-state index in [1.807, 2.05) is 0 Å². The maximum Gasteiger partial charge on any atom is 0.122 e. The molecule has 0 spiro atoms. The molecule has 1 aliphatic heterocycles. The Kier molecular flexibility index (Phi) is 4.16. The fourth-order valence-corrected chi connectivity index (χ4v) is 2.89. The van der Waals surface area contributed by atoms with Crippen molar-refractivity contribution in [2.45, 2.75) is 38.5 Å². The van der Waals surface area contributed by atoms with Crippen molar-refractivity contribution >= 4 is 0 Å². The van der Waals surface area contributed by atoms with Crippen LogP contribution in [0.5, 0.6) is 5.75 Å². The number of ether oxygens (including phenoxy) is 2. The van der Waals surface area contributed by atoms with Crippen molar-refractivity contribution < 1.29 is 14.6 Å². The lowest BCUT2D eigenvalue weighted by molar-refractivity contribution is -0.0704. The van der Waals surface area contributed by atoms with Crippen LogP contribution in [0.2, 0.25) is 0 Å². The molecule has 0 saturated carbocycles. The molecule has 0 unspecified atom stereocenters. The molecule has 106 valence electrons. The highest BCUT2D eigenvalue weighted by atomic mass is 16.5. The fraction of sp³-hybridized carbons (Fsp3) is 0.625. The Morgan fingerprint density at radius 2 is 2.05 bits per heavy atom. The molecule has 2 rings (SSSR count). The van der Waals surface area contributed by atoms with Crippen LogP contribution >= 0.6 is 0 Å². The average Bonchev–Trinajstić information content (AvgIpc) is 2.33. The van der Waals surface area contributed by atoms with Crippen LogP contribution in [0.4, 0.5) is 0 Å². The summed E-state index contributed by atoms with van der Waals surface area (Å²) in [6, 6.07) is 4.36. The highest BCUT2D eigenvalue weighted by Crippen LogP contribution is 2.41. The summed E-state index contributed by atoms with van der Waals surface area (Å²) in [5.41, 5.74) is 3.75. The smallest absolute Gasteiger partial charge is 0.122 e. The van der Waals surface area contributed by atoms with E-state index in [-0.39, 0.29) is 12.0 Å². The number of rotatable bonds is 5. The summed E-state index contributed by atoms with van der Waals surface area (Å²) in [7, 11) is 1.72. The first-order valence-corrected chi connectivity index (χ1v) is 6.91. The van der Waals surface area contributed by atoms with E-state index in [4.69, 9.17) is 9.47 Å². The van der Waals surface area contributed by atoms with E-state index in [1.54, 1.807) is 7.11 Å². The number of hydrogen-bond acceptors (Lipinski definition) is 3. The number of hydrogen-bond donors (Lipinski definition) is 1. The third-order valence-electron chi connectivity index (χ3n) is 4.12. The molecule has 0 atom stereocenters. The molecule has 1 fully saturated rings. The van der Waals surface area contributed by atoms with Gasteiger partial charge in [-0.1, -0.05) is 19.9 Å². The van der Waals surface area contributed by atoms with Crippen molar-refractivity contribution in [2.24, 2.45) is 0 Å². The number of benzene rings is 1. The third-order valence-corrected chi connectivity index (χ3v) is 4.12. The second kappa shape index (κ2) is 5.51. The van der Waals surface area contributed by atoms with Crippen LogP contribution in [0, 0.1) is 6.92 Å². The molecule has 1 aliphatic rings. The summed E-state index contributed by atoms with van der Waals surface area (Å²) >= 11 is 0. The van der Waals surface area contributed by atoms with E-state index in [9.17, 15) is 5.11 Å². The van der Waals surface area contributed by atoms with Gasteiger partial charge in [-0.3, -0.25) is 0 Å². The Morgan fingerprint density at radius 1 is 1.37 bits per heavy atom. The van der Waals surface area contributed by atoms with Gasteiger partial charge in [0, 0.05) is 12.0 Å². The SMILES string of the molecule is COc1cc(C)c(C2(CCO)COC2)cc1C(C)C. The largest absolute Gasteiger partial charge is 0.496 e. The molecule has 1 N–H and O–H groups in total. The normalized spacial score (nSPS) is 17.4. The van der Waals surface area contributed by atoms with Crippen molar-refractivity contribution in [3.8, 4) is 5.75 Å². The van der Waals surface area contributed by atoms with Gasteiger partial charge in [0.1, 0.15) is 5.75 Å². The van der Waals surface area contributed by atoms with Crippen molar-refractivity contribution in [3.63, 3.8) is 0 Å². The Balaban J connectivity index is 2.48. The van der Waals surface area contributed by atoms with Crippen LogP contribution in [-0.4, -0.2) is 32.0 Å². The number of aliphatic hydroxyl groups is 1. The molecular formula is C16H24O3. The first-order chi connectivity index (χ1) is 9.04. The standard InChI is InChI=1S/C16H24O3/c1-11(2)13-8-14(12(3)7-15(13)18-4)16(5-6-17)9-19-10-16/h7-8,11,17H,5-6,9-10H2,1-4H3. The molecule has 0 aromatic heterocycles. The van der Waals surface area contributed by atoms with E-state index >= 15 is 0 Å². The van der Waals surface area contributed by atoms with Gasteiger partial charge in [-0.05, 0) is 42.0 Å². The molecule has 1 saturated heterocycles. The van der Waals surface area contributed by atoms with Crippen LogP contribution in [0.3, 0.4) is 0 Å². The van der Waals surface area contributed by atoms with Crippen molar-refractivity contribution in [3.05, 3.63) is 28.8 Å². The van der Waals surface area contributed by atoms with Crippen LogP contribution < -0.4 is 4.74 Å². The molecule has 0 aliphatic carbocycles. The molecule has 3 heteroatoms. The van der Waals surface area contributed by atoms with E-state index in [0.717, 1.165) is 12.2 Å². The predicted octanol–water partition coefficient (Wildman–Crippen LogP) is 2.78. The third kappa shape index (κ3) is 2.49. The fourth-order valence-electron chi connectivity index (χ4n) is 2.89. The average molecular weight is 264 g/mol. The van der Waals surface area contributed by atoms with Crippen LogP contribution in [0.15, 0.2) is 12.1 Å². The highest BCUT2D eigenvalue weighted by Gasteiger charge is 2.41. The lowest BCUT2D eigenvalue weighted by Crippen LogP contribution is -2.48. The summed E-state index contributed by atoms with van der Waals surface area (Å²) in [4.78, 5) is 0. The molecule has 0 bridgehead atoms. The lowest BCUT2D eigenvalue weighted by Gasteiger charge is -2.43. The Labute approximate surface area is 115 Å². The van der Waals surface area contributed by atoms with Gasteiger partial charge in [0.2, 0.25) is 0 Å². The molecule has 0 radical (unpaired) electrons. The lowest BCUT2D eigenvalue weighted by atomic mass is 9.73. The van der Waals surface area contributed by atoms with Gasteiger partial charge < -0.3 is 14.6 Å². The van der Waals surface area contributed by atoms with E-state index in [0.29, 0.717) is 19.1 Å². The summed E-state index contributed by atoms with van der Waals surface area (Å²) in [5, 5.41) is 9.32. The molecule has 3 nitrogen and oxygen atoms in total. The predicted molar refractivity (Wildman–Crippen MR) is 76.0 cm³/mol. The van der Waals surface area contributed by atoms with Gasteiger partial charge in [-0.25, -0.2) is 0 Å².